The van der Waals surface area contributed by atoms with E-state index in [9.17, 15) is 9.59 Å². The normalized spacial score (nSPS) is 13.2. The van der Waals surface area contributed by atoms with Crippen LogP contribution < -0.4 is 10.6 Å². The number of hydrogen-bond acceptors (Lipinski definition) is 4. The molecule has 1 unspecified atom stereocenters. The van der Waals surface area contributed by atoms with E-state index in [2.05, 4.69) is 29.4 Å². The molecule has 1 heterocycles. The fourth-order valence-electron chi connectivity index (χ4n) is 2.50. The number of amides is 2. The fraction of sp³-hybridized carbons (Fsp3) is 0.647. The van der Waals surface area contributed by atoms with E-state index in [4.69, 9.17) is 4.42 Å². The van der Waals surface area contributed by atoms with Crippen LogP contribution in [-0.2, 0) is 4.79 Å². The summed E-state index contributed by atoms with van der Waals surface area (Å²) in [5, 5.41) is 5.69. The van der Waals surface area contributed by atoms with Gasteiger partial charge in [-0.1, -0.05) is 27.7 Å². The average molecular weight is 323 g/mol. The van der Waals surface area contributed by atoms with E-state index in [0.717, 1.165) is 6.54 Å². The molecule has 1 rings (SSSR count). The molecule has 1 aromatic heterocycles. The van der Waals surface area contributed by atoms with E-state index in [1.807, 2.05) is 27.9 Å². The van der Waals surface area contributed by atoms with Gasteiger partial charge in [-0.05, 0) is 37.6 Å². The minimum absolute atomic E-state index is 0.0223. The Morgan fingerprint density at radius 3 is 2.43 bits per heavy atom. The number of nitrogens with zero attached hydrogens (tertiary/aromatic N) is 1. The minimum atomic E-state index is -0.595. The minimum Gasteiger partial charge on any atom is -0.459 e. The molecule has 130 valence electrons. The maximum absolute atomic E-state index is 12.5. The molecule has 2 amide bonds. The summed E-state index contributed by atoms with van der Waals surface area (Å²) in [5.41, 5.74) is -0.0499. The van der Waals surface area contributed by atoms with Gasteiger partial charge in [-0.3, -0.25) is 9.59 Å². The molecule has 0 aliphatic carbocycles. The van der Waals surface area contributed by atoms with E-state index < -0.39 is 6.04 Å². The third-order valence-corrected chi connectivity index (χ3v) is 3.47. The second-order valence-corrected chi connectivity index (χ2v) is 7.29. The first-order chi connectivity index (χ1) is 10.6. The summed E-state index contributed by atoms with van der Waals surface area (Å²) in [7, 11) is 4.01. The largest absolute Gasteiger partial charge is 0.459 e. The van der Waals surface area contributed by atoms with Crippen molar-refractivity contribution in [1.82, 2.24) is 15.5 Å². The molecule has 0 radical (unpaired) electrons. The highest BCUT2D eigenvalue weighted by Crippen LogP contribution is 2.14. The summed E-state index contributed by atoms with van der Waals surface area (Å²) in [6, 6.07) is 2.62. The Labute approximate surface area is 138 Å². The van der Waals surface area contributed by atoms with Gasteiger partial charge in [0.25, 0.3) is 5.91 Å². The molecule has 0 bridgehead atoms. The maximum atomic E-state index is 12.5. The van der Waals surface area contributed by atoms with Crippen LogP contribution >= 0.6 is 0 Å². The molecule has 0 aromatic carbocycles. The molecule has 0 saturated heterocycles. The van der Waals surface area contributed by atoms with Gasteiger partial charge < -0.3 is 20.0 Å². The van der Waals surface area contributed by atoms with Crippen molar-refractivity contribution in [3.05, 3.63) is 24.2 Å². The van der Waals surface area contributed by atoms with Crippen molar-refractivity contribution < 1.29 is 14.0 Å². The van der Waals surface area contributed by atoms with Crippen LogP contribution in [0.2, 0.25) is 0 Å². The van der Waals surface area contributed by atoms with Crippen LogP contribution in [0.25, 0.3) is 0 Å². The van der Waals surface area contributed by atoms with Gasteiger partial charge in [-0.15, -0.1) is 0 Å². The molecule has 2 N–H and O–H groups in total. The van der Waals surface area contributed by atoms with Gasteiger partial charge in [0.1, 0.15) is 6.04 Å². The predicted molar refractivity (Wildman–Crippen MR) is 90.1 cm³/mol. The first kappa shape index (κ1) is 19.2. The highest BCUT2D eigenvalue weighted by atomic mass is 16.3. The van der Waals surface area contributed by atoms with Crippen molar-refractivity contribution in [2.24, 2.45) is 11.3 Å². The van der Waals surface area contributed by atoms with E-state index in [-0.39, 0.29) is 28.9 Å². The summed E-state index contributed by atoms with van der Waals surface area (Å²) in [6.45, 7) is 9.40. The lowest BCUT2D eigenvalue weighted by Crippen LogP contribution is -2.52. The van der Waals surface area contributed by atoms with Crippen LogP contribution in [0.1, 0.15) is 38.2 Å². The van der Waals surface area contributed by atoms with E-state index in [1.54, 1.807) is 12.1 Å². The summed E-state index contributed by atoms with van der Waals surface area (Å²) in [5.74, 6) is -0.370. The molecule has 0 fully saturated rings. The highest BCUT2D eigenvalue weighted by molar-refractivity contribution is 5.95. The SMILES string of the molecule is CC(C)C(NC(=O)c1ccco1)C(=O)NCC(C)(C)CN(C)C. The predicted octanol–water partition coefficient (Wildman–Crippen LogP) is 1.74. The summed E-state index contributed by atoms with van der Waals surface area (Å²) in [6.07, 6.45) is 1.43. The zero-order chi connectivity index (χ0) is 17.6. The first-order valence-corrected chi connectivity index (χ1v) is 7.89. The highest BCUT2D eigenvalue weighted by Gasteiger charge is 2.27. The lowest BCUT2D eigenvalue weighted by molar-refractivity contribution is -0.124. The zero-order valence-corrected chi connectivity index (χ0v) is 15.0. The molecule has 1 atom stereocenters. The molecule has 6 nitrogen and oxygen atoms in total. The second kappa shape index (κ2) is 8.15. The molecule has 1 aromatic rings. The Kier molecular flexibility index (Phi) is 6.81. The van der Waals surface area contributed by atoms with Crippen LogP contribution in [0, 0.1) is 11.3 Å². The number of carbonyl (C=O) groups is 2. The van der Waals surface area contributed by atoms with Crippen molar-refractivity contribution in [2.45, 2.75) is 33.7 Å². The van der Waals surface area contributed by atoms with Crippen LogP contribution in [0.5, 0.6) is 0 Å². The zero-order valence-electron chi connectivity index (χ0n) is 15.0. The monoisotopic (exact) mass is 323 g/mol. The molecule has 0 aliphatic heterocycles. The van der Waals surface area contributed by atoms with Crippen molar-refractivity contribution in [3.63, 3.8) is 0 Å². The molecular weight excluding hydrogens is 294 g/mol. The number of hydrogen-bond donors (Lipinski definition) is 2. The third kappa shape index (κ3) is 6.44. The smallest absolute Gasteiger partial charge is 0.287 e. The van der Waals surface area contributed by atoms with Gasteiger partial charge in [0, 0.05) is 13.1 Å². The number of carbonyl (C=O) groups excluding carboxylic acids is 2. The molecule has 0 saturated carbocycles. The number of rotatable bonds is 8. The van der Waals surface area contributed by atoms with Crippen LogP contribution in [0.15, 0.2) is 22.8 Å². The van der Waals surface area contributed by atoms with Gasteiger partial charge in [-0.2, -0.15) is 0 Å². The Morgan fingerprint density at radius 1 is 1.30 bits per heavy atom. The average Bonchev–Trinajstić information content (AvgIpc) is 2.94. The maximum Gasteiger partial charge on any atom is 0.287 e. The van der Waals surface area contributed by atoms with Gasteiger partial charge in [0.05, 0.1) is 6.26 Å². The third-order valence-electron chi connectivity index (χ3n) is 3.47. The second-order valence-electron chi connectivity index (χ2n) is 7.29. The first-order valence-electron chi connectivity index (χ1n) is 7.89. The van der Waals surface area contributed by atoms with Crippen molar-refractivity contribution in [1.29, 1.82) is 0 Å². The quantitative estimate of drug-likeness (QED) is 0.764. The van der Waals surface area contributed by atoms with Gasteiger partial charge in [-0.25, -0.2) is 0 Å². The van der Waals surface area contributed by atoms with Crippen molar-refractivity contribution in [2.75, 3.05) is 27.2 Å². The topological polar surface area (TPSA) is 74.6 Å². The Bertz CT molecular complexity index is 507. The molecule has 23 heavy (non-hydrogen) atoms. The number of furan rings is 1. The molecule has 0 spiro atoms. The molecule has 6 heteroatoms. The summed E-state index contributed by atoms with van der Waals surface area (Å²) >= 11 is 0. The van der Waals surface area contributed by atoms with Crippen molar-refractivity contribution >= 4 is 11.8 Å². The molecule has 0 aliphatic rings. The molecular formula is C17H29N3O3. The lowest BCUT2D eigenvalue weighted by atomic mass is 9.92. The van der Waals surface area contributed by atoms with E-state index >= 15 is 0 Å². The van der Waals surface area contributed by atoms with Gasteiger partial charge in [0.15, 0.2) is 5.76 Å². The number of nitrogens with one attached hydrogen (secondary N) is 2. The van der Waals surface area contributed by atoms with Crippen LogP contribution in [-0.4, -0.2) is 49.9 Å². The Morgan fingerprint density at radius 2 is 1.96 bits per heavy atom. The summed E-state index contributed by atoms with van der Waals surface area (Å²) in [4.78, 5) is 26.6. The van der Waals surface area contributed by atoms with Gasteiger partial charge >= 0.3 is 0 Å². The standard InChI is InChI=1S/C17H29N3O3/c1-12(2)14(19-15(21)13-8-7-9-23-13)16(22)18-10-17(3,4)11-20(5)6/h7-9,12,14H,10-11H2,1-6H3,(H,18,22)(H,19,21). The van der Waals surface area contributed by atoms with Crippen LogP contribution in [0.3, 0.4) is 0 Å². The van der Waals surface area contributed by atoms with Gasteiger partial charge in [0.2, 0.25) is 5.91 Å². The van der Waals surface area contributed by atoms with Crippen molar-refractivity contribution in [3.8, 4) is 0 Å². The fourth-order valence-corrected chi connectivity index (χ4v) is 2.50. The summed E-state index contributed by atoms with van der Waals surface area (Å²) < 4.78 is 5.06. The lowest BCUT2D eigenvalue weighted by Gasteiger charge is -2.30. The van der Waals surface area contributed by atoms with E-state index in [1.165, 1.54) is 6.26 Å². The van der Waals surface area contributed by atoms with Crippen LogP contribution in [0.4, 0.5) is 0 Å². The Hall–Kier alpha value is -1.82. The van der Waals surface area contributed by atoms with E-state index in [0.29, 0.717) is 6.54 Å². The Balaban J connectivity index is 2.63.